The topological polar surface area (TPSA) is 30.7 Å². The standard InChI is InChI=1S/C47H31N3/c1-47(2)38-18-10-9-17-36(38)42-39(47)23-22-35-37-26-31-14-5-6-15-32(31)27-41(37)50(45(35)42)46-43(33-20-19-28-11-3-4-13-30(28)25-33)48-40-24-21-29-12-7-8-16-34(29)44(40)49-46/h3-27H,1-2H3. The minimum atomic E-state index is -0.140. The van der Waals surface area contributed by atoms with Crippen molar-refractivity contribution in [3.8, 4) is 28.2 Å². The summed E-state index contributed by atoms with van der Waals surface area (Å²) in [6, 6.07) is 55.0. The maximum Gasteiger partial charge on any atom is 0.165 e. The van der Waals surface area contributed by atoms with Crippen molar-refractivity contribution in [2.75, 3.05) is 0 Å². The van der Waals surface area contributed by atoms with Crippen molar-refractivity contribution >= 4 is 65.2 Å². The molecule has 3 heteroatoms. The van der Waals surface area contributed by atoms with Gasteiger partial charge in [0.2, 0.25) is 0 Å². The monoisotopic (exact) mass is 637 g/mol. The summed E-state index contributed by atoms with van der Waals surface area (Å²) in [6.45, 7) is 4.71. The predicted octanol–water partition coefficient (Wildman–Crippen LogP) is 12.2. The zero-order valence-electron chi connectivity index (χ0n) is 27.8. The van der Waals surface area contributed by atoms with Crippen molar-refractivity contribution in [3.63, 3.8) is 0 Å². The Labute approximate surface area is 289 Å². The minimum absolute atomic E-state index is 0.140. The molecule has 0 atom stereocenters. The largest absolute Gasteiger partial charge is 0.291 e. The smallest absolute Gasteiger partial charge is 0.165 e. The first-order valence-electron chi connectivity index (χ1n) is 17.3. The molecule has 2 aromatic heterocycles. The third-order valence-corrected chi connectivity index (χ3v) is 11.1. The lowest BCUT2D eigenvalue weighted by Gasteiger charge is -2.21. The highest BCUT2D eigenvalue weighted by atomic mass is 15.1. The molecule has 0 unspecified atom stereocenters. The Morgan fingerprint density at radius 1 is 0.500 bits per heavy atom. The van der Waals surface area contributed by atoms with E-state index in [1.807, 2.05) is 0 Å². The predicted molar refractivity (Wildman–Crippen MR) is 209 cm³/mol. The van der Waals surface area contributed by atoms with E-state index in [4.69, 9.17) is 9.97 Å². The number of hydrogen-bond donors (Lipinski definition) is 0. The van der Waals surface area contributed by atoms with E-state index < -0.39 is 0 Å². The average Bonchev–Trinajstić information content (AvgIpc) is 3.60. The second-order valence-electron chi connectivity index (χ2n) is 14.2. The van der Waals surface area contributed by atoms with Gasteiger partial charge in [0, 0.05) is 32.7 Å². The van der Waals surface area contributed by atoms with E-state index in [1.54, 1.807) is 0 Å². The lowest BCUT2D eigenvalue weighted by atomic mass is 9.82. The van der Waals surface area contributed by atoms with E-state index >= 15 is 0 Å². The molecular weight excluding hydrogens is 607 g/mol. The molecule has 234 valence electrons. The van der Waals surface area contributed by atoms with E-state index in [1.165, 1.54) is 60.1 Å². The highest BCUT2D eigenvalue weighted by Crippen LogP contribution is 2.53. The van der Waals surface area contributed by atoms with Crippen LogP contribution in [0.15, 0.2) is 152 Å². The first kappa shape index (κ1) is 27.6. The summed E-state index contributed by atoms with van der Waals surface area (Å²) in [7, 11) is 0. The Bertz CT molecular complexity index is 3070. The van der Waals surface area contributed by atoms with Gasteiger partial charge >= 0.3 is 0 Å². The number of aromatic nitrogens is 3. The van der Waals surface area contributed by atoms with Crippen LogP contribution in [0.4, 0.5) is 0 Å². The molecule has 8 aromatic carbocycles. The Morgan fingerprint density at radius 2 is 1.18 bits per heavy atom. The zero-order chi connectivity index (χ0) is 33.1. The molecule has 0 N–H and O–H groups in total. The first-order valence-corrected chi connectivity index (χ1v) is 17.3. The molecule has 0 saturated heterocycles. The van der Waals surface area contributed by atoms with E-state index in [2.05, 4.69) is 170 Å². The molecule has 2 heterocycles. The van der Waals surface area contributed by atoms with E-state index in [-0.39, 0.29) is 5.41 Å². The molecular formula is C47H31N3. The van der Waals surface area contributed by atoms with Gasteiger partial charge in [-0.25, -0.2) is 9.97 Å². The van der Waals surface area contributed by atoms with Crippen LogP contribution in [0.1, 0.15) is 25.0 Å². The summed E-state index contributed by atoms with van der Waals surface area (Å²) in [5.74, 6) is 0.843. The molecule has 0 bridgehead atoms. The Morgan fingerprint density at radius 3 is 2.02 bits per heavy atom. The van der Waals surface area contributed by atoms with Gasteiger partial charge in [0.05, 0.1) is 22.1 Å². The minimum Gasteiger partial charge on any atom is -0.291 e. The third kappa shape index (κ3) is 3.69. The Balaban J connectivity index is 1.37. The van der Waals surface area contributed by atoms with Crippen LogP contribution in [0.3, 0.4) is 0 Å². The summed E-state index contributed by atoms with van der Waals surface area (Å²) in [4.78, 5) is 11.2. The van der Waals surface area contributed by atoms with Gasteiger partial charge < -0.3 is 0 Å². The number of benzene rings is 8. The molecule has 3 nitrogen and oxygen atoms in total. The van der Waals surface area contributed by atoms with Gasteiger partial charge in [-0.2, -0.15) is 0 Å². The molecule has 1 aliphatic rings. The Hall–Kier alpha value is -6.32. The maximum atomic E-state index is 5.70. The van der Waals surface area contributed by atoms with Crippen molar-refractivity contribution in [3.05, 3.63) is 163 Å². The normalized spacial score (nSPS) is 13.6. The van der Waals surface area contributed by atoms with Crippen molar-refractivity contribution in [1.29, 1.82) is 0 Å². The summed E-state index contributed by atoms with van der Waals surface area (Å²) < 4.78 is 2.44. The quantitative estimate of drug-likeness (QED) is 0.177. The van der Waals surface area contributed by atoms with Gasteiger partial charge in [-0.1, -0.05) is 141 Å². The summed E-state index contributed by atoms with van der Waals surface area (Å²) in [5.41, 5.74) is 11.2. The molecule has 0 saturated carbocycles. The molecule has 1 aliphatic carbocycles. The van der Waals surface area contributed by atoms with Crippen LogP contribution < -0.4 is 0 Å². The lowest BCUT2D eigenvalue weighted by Crippen LogP contribution is -2.14. The van der Waals surface area contributed by atoms with Gasteiger partial charge in [0.25, 0.3) is 0 Å². The summed E-state index contributed by atoms with van der Waals surface area (Å²) in [5, 5.41) is 9.52. The lowest BCUT2D eigenvalue weighted by molar-refractivity contribution is 0.661. The molecule has 11 rings (SSSR count). The molecule has 0 spiro atoms. The molecule has 0 amide bonds. The Kier molecular flexibility index (Phi) is 5.45. The van der Waals surface area contributed by atoms with Crippen LogP contribution in [-0.2, 0) is 5.41 Å². The van der Waals surface area contributed by atoms with Crippen molar-refractivity contribution < 1.29 is 0 Å². The van der Waals surface area contributed by atoms with E-state index in [0.29, 0.717) is 0 Å². The number of fused-ring (bicyclic) bond motifs is 12. The molecule has 50 heavy (non-hydrogen) atoms. The number of hydrogen-bond acceptors (Lipinski definition) is 2. The fourth-order valence-electron chi connectivity index (χ4n) is 8.66. The fourth-order valence-corrected chi connectivity index (χ4v) is 8.66. The van der Waals surface area contributed by atoms with Crippen LogP contribution in [0.25, 0.3) is 93.4 Å². The van der Waals surface area contributed by atoms with Gasteiger partial charge in [-0.15, -0.1) is 0 Å². The van der Waals surface area contributed by atoms with Crippen LogP contribution >= 0.6 is 0 Å². The summed E-state index contributed by atoms with van der Waals surface area (Å²) in [6.07, 6.45) is 0. The SMILES string of the molecule is CC1(C)c2ccccc2-c2c1ccc1c3cc4ccccc4cc3n(-c3nc4c(ccc5ccccc54)nc3-c3ccc4ccccc4c3)c21. The average molecular weight is 638 g/mol. The first-order chi connectivity index (χ1) is 24.5. The zero-order valence-corrected chi connectivity index (χ0v) is 27.8. The van der Waals surface area contributed by atoms with Gasteiger partial charge in [0.1, 0.15) is 5.69 Å². The molecule has 0 aliphatic heterocycles. The van der Waals surface area contributed by atoms with E-state index in [0.717, 1.165) is 44.4 Å². The highest BCUT2D eigenvalue weighted by molar-refractivity contribution is 6.19. The second-order valence-corrected chi connectivity index (χ2v) is 14.2. The molecule has 0 radical (unpaired) electrons. The number of nitrogens with zero attached hydrogens (tertiary/aromatic N) is 3. The maximum absolute atomic E-state index is 5.70. The molecule has 10 aromatic rings. The van der Waals surface area contributed by atoms with Crippen molar-refractivity contribution in [2.45, 2.75) is 19.3 Å². The van der Waals surface area contributed by atoms with Gasteiger partial charge in [-0.05, 0) is 67.9 Å². The second kappa shape index (κ2) is 9.87. The fraction of sp³-hybridized carbons (Fsp3) is 0.0638. The molecule has 0 fully saturated rings. The van der Waals surface area contributed by atoms with Crippen molar-refractivity contribution in [1.82, 2.24) is 14.5 Å². The summed E-state index contributed by atoms with van der Waals surface area (Å²) >= 11 is 0. The van der Waals surface area contributed by atoms with Crippen LogP contribution in [0.5, 0.6) is 0 Å². The van der Waals surface area contributed by atoms with Crippen LogP contribution in [0.2, 0.25) is 0 Å². The van der Waals surface area contributed by atoms with Gasteiger partial charge in [-0.3, -0.25) is 4.57 Å². The third-order valence-electron chi connectivity index (χ3n) is 11.1. The highest BCUT2D eigenvalue weighted by Gasteiger charge is 2.38. The van der Waals surface area contributed by atoms with E-state index in [9.17, 15) is 0 Å². The van der Waals surface area contributed by atoms with Crippen LogP contribution in [-0.4, -0.2) is 14.5 Å². The number of rotatable bonds is 2. The van der Waals surface area contributed by atoms with Crippen molar-refractivity contribution in [2.24, 2.45) is 0 Å². The van der Waals surface area contributed by atoms with Crippen LogP contribution in [0, 0.1) is 0 Å². The van der Waals surface area contributed by atoms with Gasteiger partial charge in [0.15, 0.2) is 5.82 Å².